The maximum atomic E-state index is 11.8. The van der Waals surface area contributed by atoms with Gasteiger partial charge >= 0.3 is 12.2 Å². The Morgan fingerprint density at radius 1 is 1.16 bits per heavy atom. The van der Waals surface area contributed by atoms with Crippen LogP contribution in [-0.2, 0) is 11.3 Å². The van der Waals surface area contributed by atoms with E-state index in [9.17, 15) is 14.7 Å². The molecule has 32 heavy (non-hydrogen) atoms. The van der Waals surface area contributed by atoms with E-state index < -0.39 is 17.8 Å². The van der Waals surface area contributed by atoms with Gasteiger partial charge in [0.05, 0.1) is 17.0 Å². The quantitative estimate of drug-likeness (QED) is 0.451. The van der Waals surface area contributed by atoms with Gasteiger partial charge in [0.1, 0.15) is 10.6 Å². The minimum Gasteiger partial charge on any atom is -0.465 e. The second-order valence-electron chi connectivity index (χ2n) is 7.95. The van der Waals surface area contributed by atoms with Gasteiger partial charge in [-0.2, -0.15) is 0 Å². The van der Waals surface area contributed by atoms with E-state index in [0.29, 0.717) is 5.69 Å². The molecule has 0 atom stereocenters. The maximum absolute atomic E-state index is 11.8. The number of carbonyl (C=O) groups excluding carboxylic acids is 1. The largest absolute Gasteiger partial charge is 0.465 e. The molecule has 3 aromatic rings. The summed E-state index contributed by atoms with van der Waals surface area (Å²) in [6.45, 7) is 5.70. The number of carbonyl (C=O) groups is 2. The highest BCUT2D eigenvalue weighted by Crippen LogP contribution is 2.37. The van der Waals surface area contributed by atoms with E-state index in [-0.39, 0.29) is 6.54 Å². The number of hydrogen-bond acceptors (Lipinski definition) is 6. The molecule has 0 spiro atoms. The second-order valence-corrected chi connectivity index (χ2v) is 10.4. The zero-order valence-electron chi connectivity index (χ0n) is 18.3. The van der Waals surface area contributed by atoms with Crippen molar-refractivity contribution in [1.29, 1.82) is 0 Å². The number of rotatable bonds is 6. The SMILES string of the molecule is CN(C(=O)O)c1cc(Sc2cnc(CNC(=O)OC(C)(C)C)s2)cc(-c2ccccc2)c1. The highest BCUT2D eigenvalue weighted by atomic mass is 32.2. The fourth-order valence-corrected chi connectivity index (χ4v) is 4.78. The van der Waals surface area contributed by atoms with Crippen molar-refractivity contribution in [3.05, 3.63) is 59.7 Å². The number of benzene rings is 2. The molecule has 2 aromatic carbocycles. The van der Waals surface area contributed by atoms with E-state index in [1.807, 2.05) is 69.3 Å². The third kappa shape index (κ3) is 6.73. The number of anilines is 1. The molecule has 7 nitrogen and oxygen atoms in total. The minimum absolute atomic E-state index is 0.275. The van der Waals surface area contributed by atoms with Crippen LogP contribution in [0, 0.1) is 0 Å². The first-order chi connectivity index (χ1) is 15.1. The Morgan fingerprint density at radius 3 is 2.53 bits per heavy atom. The highest BCUT2D eigenvalue weighted by molar-refractivity contribution is 8.01. The first-order valence-corrected chi connectivity index (χ1v) is 11.5. The zero-order valence-corrected chi connectivity index (χ0v) is 19.9. The lowest BCUT2D eigenvalue weighted by Crippen LogP contribution is -2.32. The van der Waals surface area contributed by atoms with Crippen LogP contribution in [0.5, 0.6) is 0 Å². The molecule has 0 saturated carbocycles. The van der Waals surface area contributed by atoms with Crippen molar-refractivity contribution in [3.63, 3.8) is 0 Å². The number of nitrogens with one attached hydrogen (secondary N) is 1. The van der Waals surface area contributed by atoms with Crippen molar-refractivity contribution >= 4 is 41.0 Å². The molecule has 0 unspecified atom stereocenters. The van der Waals surface area contributed by atoms with Crippen LogP contribution >= 0.6 is 23.1 Å². The molecule has 9 heteroatoms. The topological polar surface area (TPSA) is 91.8 Å². The second kappa shape index (κ2) is 10.1. The molecule has 2 N–H and O–H groups in total. The monoisotopic (exact) mass is 471 g/mol. The summed E-state index contributed by atoms with van der Waals surface area (Å²) in [4.78, 5) is 29.8. The van der Waals surface area contributed by atoms with Gasteiger partial charge in [-0.1, -0.05) is 42.1 Å². The number of hydrogen-bond donors (Lipinski definition) is 2. The summed E-state index contributed by atoms with van der Waals surface area (Å²) in [6.07, 6.45) is 0.232. The molecular weight excluding hydrogens is 446 g/mol. The van der Waals surface area contributed by atoms with Crippen LogP contribution in [0.3, 0.4) is 0 Å². The highest BCUT2D eigenvalue weighted by Gasteiger charge is 2.17. The van der Waals surface area contributed by atoms with Gasteiger partial charge in [0.2, 0.25) is 0 Å². The molecule has 2 amide bonds. The van der Waals surface area contributed by atoms with Crippen LogP contribution in [0.25, 0.3) is 11.1 Å². The van der Waals surface area contributed by atoms with Crippen LogP contribution in [0.15, 0.2) is 63.8 Å². The number of aromatic nitrogens is 1. The smallest absolute Gasteiger partial charge is 0.411 e. The minimum atomic E-state index is -1.03. The number of thiazole rings is 1. The van der Waals surface area contributed by atoms with Gasteiger partial charge in [-0.05, 0) is 50.1 Å². The molecule has 0 radical (unpaired) electrons. The summed E-state index contributed by atoms with van der Waals surface area (Å²) in [6, 6.07) is 15.5. The third-order valence-electron chi connectivity index (χ3n) is 4.21. The Morgan fingerprint density at radius 2 is 1.88 bits per heavy atom. The van der Waals surface area contributed by atoms with Crippen LogP contribution in [0.1, 0.15) is 25.8 Å². The predicted molar refractivity (Wildman–Crippen MR) is 128 cm³/mol. The summed E-state index contributed by atoms with van der Waals surface area (Å²) in [5.41, 5.74) is 1.95. The van der Waals surface area contributed by atoms with Gasteiger partial charge < -0.3 is 15.2 Å². The Kier molecular flexibility index (Phi) is 7.42. The average Bonchev–Trinajstić information content (AvgIpc) is 3.18. The molecule has 0 aliphatic rings. The van der Waals surface area contributed by atoms with Crippen molar-refractivity contribution in [1.82, 2.24) is 10.3 Å². The molecular formula is C23H25N3O4S2. The van der Waals surface area contributed by atoms with E-state index in [4.69, 9.17) is 4.74 Å². The molecule has 1 heterocycles. The van der Waals surface area contributed by atoms with Crippen LogP contribution in [0.4, 0.5) is 15.3 Å². The zero-order chi connectivity index (χ0) is 23.3. The van der Waals surface area contributed by atoms with Crippen molar-refractivity contribution < 1.29 is 19.4 Å². The number of nitrogens with zero attached hydrogens (tertiary/aromatic N) is 2. The van der Waals surface area contributed by atoms with Gasteiger partial charge in [-0.3, -0.25) is 4.90 Å². The lowest BCUT2D eigenvalue weighted by Gasteiger charge is -2.19. The predicted octanol–water partition coefficient (Wildman–Crippen LogP) is 6.10. The van der Waals surface area contributed by atoms with Crippen molar-refractivity contribution in [2.24, 2.45) is 0 Å². The molecule has 1 aromatic heterocycles. The van der Waals surface area contributed by atoms with Crippen LogP contribution < -0.4 is 10.2 Å². The van der Waals surface area contributed by atoms with E-state index in [2.05, 4.69) is 10.3 Å². The Balaban J connectivity index is 1.77. The summed E-state index contributed by atoms with van der Waals surface area (Å²) in [7, 11) is 1.52. The molecule has 0 aliphatic heterocycles. The summed E-state index contributed by atoms with van der Waals surface area (Å²) in [5, 5.41) is 12.9. The van der Waals surface area contributed by atoms with Crippen molar-refractivity contribution in [3.8, 4) is 11.1 Å². The van der Waals surface area contributed by atoms with Crippen LogP contribution in [-0.4, -0.2) is 34.9 Å². The van der Waals surface area contributed by atoms with E-state index >= 15 is 0 Å². The molecule has 0 saturated heterocycles. The standard InChI is InChI=1S/C23H25N3O4S2/c1-23(2,3)30-21(27)25-13-19-24-14-20(32-19)31-18-11-16(15-8-6-5-7-9-15)10-17(12-18)26(4)22(28)29/h5-12,14H,13H2,1-4H3,(H,25,27)(H,28,29). The fraction of sp³-hybridized carbons (Fsp3) is 0.261. The van der Waals surface area contributed by atoms with E-state index in [1.54, 1.807) is 6.20 Å². The van der Waals surface area contributed by atoms with Gasteiger partial charge in [-0.25, -0.2) is 14.6 Å². The molecule has 0 aliphatic carbocycles. The molecule has 0 bridgehead atoms. The number of amides is 2. The number of carboxylic acid groups (broad SMARTS) is 1. The van der Waals surface area contributed by atoms with Gasteiger partial charge in [0.15, 0.2) is 0 Å². The van der Waals surface area contributed by atoms with Crippen molar-refractivity contribution in [2.45, 2.75) is 42.0 Å². The van der Waals surface area contributed by atoms with Crippen LogP contribution in [0.2, 0.25) is 0 Å². The fourth-order valence-electron chi connectivity index (χ4n) is 2.74. The third-order valence-corrected chi connectivity index (χ3v) is 6.28. The summed E-state index contributed by atoms with van der Waals surface area (Å²) in [5.74, 6) is 0. The Labute approximate surface area is 195 Å². The summed E-state index contributed by atoms with van der Waals surface area (Å²) < 4.78 is 6.17. The number of alkyl carbamates (subject to hydrolysis) is 1. The molecule has 0 fully saturated rings. The first-order valence-electron chi connectivity index (χ1n) is 9.87. The Bertz CT molecular complexity index is 1090. The van der Waals surface area contributed by atoms with E-state index in [1.165, 1.54) is 35.0 Å². The first kappa shape index (κ1) is 23.6. The average molecular weight is 472 g/mol. The number of ether oxygens (including phenoxy) is 1. The normalized spacial score (nSPS) is 11.1. The van der Waals surface area contributed by atoms with Gasteiger partial charge in [0.25, 0.3) is 0 Å². The Hall–Kier alpha value is -3.04. The molecule has 168 valence electrons. The molecule has 3 rings (SSSR count). The maximum Gasteiger partial charge on any atom is 0.411 e. The lowest BCUT2D eigenvalue weighted by molar-refractivity contribution is 0.0523. The van der Waals surface area contributed by atoms with Gasteiger partial charge in [-0.15, -0.1) is 11.3 Å². The lowest BCUT2D eigenvalue weighted by atomic mass is 10.1. The van der Waals surface area contributed by atoms with Gasteiger partial charge in [0, 0.05) is 17.6 Å². The van der Waals surface area contributed by atoms with E-state index in [0.717, 1.165) is 25.2 Å². The summed E-state index contributed by atoms with van der Waals surface area (Å²) >= 11 is 2.96. The van der Waals surface area contributed by atoms with Crippen molar-refractivity contribution in [2.75, 3.05) is 11.9 Å².